The number of rotatable bonds is 4. The second kappa shape index (κ2) is 6.34. The number of amides is 1. The van der Waals surface area contributed by atoms with Crippen LogP contribution in [0.25, 0.3) is 5.82 Å². The minimum Gasteiger partial charge on any atom is -0.345 e. The smallest absolute Gasteiger partial charge is 0.264 e. The molecule has 0 spiro atoms. The largest absolute Gasteiger partial charge is 0.345 e. The van der Waals surface area contributed by atoms with Crippen molar-refractivity contribution in [3.05, 3.63) is 57.4 Å². The highest BCUT2D eigenvalue weighted by Gasteiger charge is 2.20. The molecular formula is C16H19N7O2. The number of hydrogen-bond donors (Lipinski definition) is 2. The highest BCUT2D eigenvalue weighted by molar-refractivity contribution is 5.95. The van der Waals surface area contributed by atoms with Gasteiger partial charge in [-0.3, -0.25) is 14.3 Å². The van der Waals surface area contributed by atoms with Crippen LogP contribution < -0.4 is 10.9 Å². The zero-order valence-corrected chi connectivity index (χ0v) is 14.4. The number of aromatic amines is 1. The minimum atomic E-state index is -0.299. The number of nitrogens with one attached hydrogen (secondary N) is 2. The van der Waals surface area contributed by atoms with Gasteiger partial charge in [0.2, 0.25) is 0 Å². The van der Waals surface area contributed by atoms with Gasteiger partial charge in [-0.25, -0.2) is 9.78 Å². The van der Waals surface area contributed by atoms with Gasteiger partial charge in [-0.2, -0.15) is 15.3 Å². The Morgan fingerprint density at radius 3 is 2.56 bits per heavy atom. The molecule has 0 aliphatic rings. The van der Waals surface area contributed by atoms with E-state index in [0.29, 0.717) is 17.1 Å². The molecule has 0 fully saturated rings. The van der Waals surface area contributed by atoms with Crippen molar-refractivity contribution >= 4 is 5.91 Å². The molecule has 1 amide bonds. The Hall–Kier alpha value is -3.23. The van der Waals surface area contributed by atoms with Crippen LogP contribution in [-0.4, -0.2) is 35.7 Å². The third kappa shape index (κ3) is 3.08. The summed E-state index contributed by atoms with van der Waals surface area (Å²) in [7, 11) is 1.86. The fourth-order valence-corrected chi connectivity index (χ4v) is 2.61. The highest BCUT2D eigenvalue weighted by Crippen LogP contribution is 2.18. The van der Waals surface area contributed by atoms with Gasteiger partial charge >= 0.3 is 0 Å². The molecule has 0 aliphatic carbocycles. The minimum absolute atomic E-state index is 0.185. The fraction of sp³-hybridized carbons (Fsp3) is 0.312. The first-order valence-electron chi connectivity index (χ1n) is 7.78. The normalized spacial score (nSPS) is 12.2. The van der Waals surface area contributed by atoms with Crippen molar-refractivity contribution in [3.8, 4) is 5.82 Å². The van der Waals surface area contributed by atoms with Crippen molar-refractivity contribution in [2.24, 2.45) is 7.05 Å². The van der Waals surface area contributed by atoms with Crippen molar-refractivity contribution in [1.29, 1.82) is 0 Å². The van der Waals surface area contributed by atoms with Crippen molar-refractivity contribution in [2.45, 2.75) is 26.8 Å². The van der Waals surface area contributed by atoms with E-state index < -0.39 is 0 Å². The van der Waals surface area contributed by atoms with E-state index >= 15 is 0 Å². The van der Waals surface area contributed by atoms with Crippen LogP contribution in [0, 0.1) is 13.8 Å². The summed E-state index contributed by atoms with van der Waals surface area (Å²) in [6.45, 7) is 5.63. The summed E-state index contributed by atoms with van der Waals surface area (Å²) in [5.41, 5.74) is 2.74. The maximum atomic E-state index is 12.6. The Balaban J connectivity index is 1.82. The molecule has 0 aromatic carbocycles. The van der Waals surface area contributed by atoms with Crippen LogP contribution in [0.15, 0.2) is 29.3 Å². The SMILES string of the molecule is Cc1c(C(C)NC(=O)c2cnn(-c3ccc(=O)[nH]n3)c2C)cnn1C. The van der Waals surface area contributed by atoms with Gasteiger partial charge < -0.3 is 5.32 Å². The number of H-pyrrole nitrogens is 1. The number of hydrogen-bond acceptors (Lipinski definition) is 5. The Bertz CT molecular complexity index is 962. The van der Waals surface area contributed by atoms with Crippen LogP contribution in [0.4, 0.5) is 0 Å². The van der Waals surface area contributed by atoms with E-state index in [-0.39, 0.29) is 17.5 Å². The summed E-state index contributed by atoms with van der Waals surface area (Å²) in [6.07, 6.45) is 3.24. The van der Waals surface area contributed by atoms with Crippen molar-refractivity contribution in [2.75, 3.05) is 0 Å². The van der Waals surface area contributed by atoms with Crippen LogP contribution in [0.2, 0.25) is 0 Å². The molecule has 0 bridgehead atoms. The molecule has 0 saturated heterocycles. The molecule has 1 atom stereocenters. The van der Waals surface area contributed by atoms with E-state index in [1.807, 2.05) is 20.9 Å². The summed E-state index contributed by atoms with van der Waals surface area (Å²) in [6, 6.07) is 2.72. The third-order valence-corrected chi connectivity index (χ3v) is 4.22. The Kier molecular flexibility index (Phi) is 4.22. The standard InChI is InChI=1S/C16H19N7O2/c1-9(12-7-17-22(4)10(12)2)19-16(25)13-8-18-23(11(13)3)14-5-6-15(24)21-20-14/h5-9H,1-4H3,(H,19,25)(H,21,24). The van der Waals surface area contributed by atoms with Gasteiger partial charge in [0.1, 0.15) is 0 Å². The zero-order valence-electron chi connectivity index (χ0n) is 14.4. The van der Waals surface area contributed by atoms with E-state index in [1.165, 1.54) is 16.9 Å². The van der Waals surface area contributed by atoms with E-state index in [4.69, 9.17) is 0 Å². The molecular weight excluding hydrogens is 322 g/mol. The quantitative estimate of drug-likeness (QED) is 0.729. The maximum Gasteiger partial charge on any atom is 0.264 e. The molecule has 0 saturated carbocycles. The highest BCUT2D eigenvalue weighted by atomic mass is 16.1. The van der Waals surface area contributed by atoms with E-state index in [9.17, 15) is 9.59 Å². The number of carbonyl (C=O) groups is 1. The Labute approximate surface area is 143 Å². The predicted molar refractivity (Wildman–Crippen MR) is 90.5 cm³/mol. The summed E-state index contributed by atoms with van der Waals surface area (Å²) in [5.74, 6) is 0.205. The summed E-state index contributed by atoms with van der Waals surface area (Å²) >= 11 is 0. The molecule has 3 rings (SSSR count). The molecule has 9 nitrogen and oxygen atoms in total. The van der Waals surface area contributed by atoms with Gasteiger partial charge in [0.25, 0.3) is 11.5 Å². The maximum absolute atomic E-state index is 12.6. The zero-order chi connectivity index (χ0) is 18.1. The van der Waals surface area contributed by atoms with Crippen molar-refractivity contribution in [3.63, 3.8) is 0 Å². The first kappa shape index (κ1) is 16.6. The van der Waals surface area contributed by atoms with Crippen LogP contribution >= 0.6 is 0 Å². The molecule has 2 N–H and O–H groups in total. The lowest BCUT2D eigenvalue weighted by atomic mass is 10.1. The monoisotopic (exact) mass is 341 g/mol. The van der Waals surface area contributed by atoms with Crippen LogP contribution in [0.3, 0.4) is 0 Å². The molecule has 25 heavy (non-hydrogen) atoms. The molecule has 0 aliphatic heterocycles. The summed E-state index contributed by atoms with van der Waals surface area (Å²) in [4.78, 5) is 23.7. The average Bonchev–Trinajstić information content (AvgIpc) is 3.12. The molecule has 3 aromatic rings. The third-order valence-electron chi connectivity index (χ3n) is 4.22. The Morgan fingerprint density at radius 1 is 1.20 bits per heavy atom. The Morgan fingerprint density at radius 2 is 1.96 bits per heavy atom. The van der Waals surface area contributed by atoms with E-state index in [0.717, 1.165) is 11.3 Å². The summed E-state index contributed by atoms with van der Waals surface area (Å²) < 4.78 is 3.27. The number of aromatic nitrogens is 6. The lowest BCUT2D eigenvalue weighted by Crippen LogP contribution is -2.27. The molecule has 0 radical (unpaired) electrons. The summed E-state index contributed by atoms with van der Waals surface area (Å²) in [5, 5.41) is 17.6. The van der Waals surface area contributed by atoms with Gasteiger partial charge in [0.15, 0.2) is 5.82 Å². The number of aryl methyl sites for hydroxylation is 1. The lowest BCUT2D eigenvalue weighted by molar-refractivity contribution is 0.0939. The predicted octanol–water partition coefficient (Wildman–Crippen LogP) is 0.797. The molecule has 1 unspecified atom stereocenters. The van der Waals surface area contributed by atoms with Crippen LogP contribution in [-0.2, 0) is 7.05 Å². The first-order chi connectivity index (χ1) is 11.9. The van der Waals surface area contributed by atoms with Gasteiger partial charge in [0, 0.05) is 24.4 Å². The second-order valence-electron chi connectivity index (χ2n) is 5.84. The van der Waals surface area contributed by atoms with Gasteiger partial charge in [-0.05, 0) is 26.8 Å². The molecule has 130 valence electrons. The van der Waals surface area contributed by atoms with Crippen LogP contribution in [0.1, 0.15) is 40.3 Å². The van der Waals surface area contributed by atoms with Crippen molar-refractivity contribution in [1.82, 2.24) is 35.1 Å². The number of nitrogens with zero attached hydrogens (tertiary/aromatic N) is 5. The fourth-order valence-electron chi connectivity index (χ4n) is 2.61. The second-order valence-corrected chi connectivity index (χ2v) is 5.84. The van der Waals surface area contributed by atoms with Gasteiger partial charge in [0.05, 0.1) is 29.7 Å². The lowest BCUT2D eigenvalue weighted by Gasteiger charge is -2.13. The van der Waals surface area contributed by atoms with Crippen molar-refractivity contribution < 1.29 is 4.79 Å². The molecule has 3 heterocycles. The molecule has 9 heteroatoms. The first-order valence-corrected chi connectivity index (χ1v) is 7.78. The van der Waals surface area contributed by atoms with Gasteiger partial charge in [-0.15, -0.1) is 0 Å². The van der Waals surface area contributed by atoms with E-state index in [1.54, 1.807) is 23.9 Å². The van der Waals surface area contributed by atoms with Gasteiger partial charge in [-0.1, -0.05) is 0 Å². The van der Waals surface area contributed by atoms with Crippen LogP contribution in [0.5, 0.6) is 0 Å². The van der Waals surface area contributed by atoms with E-state index in [2.05, 4.69) is 25.7 Å². The topological polar surface area (TPSA) is 110 Å². The number of carbonyl (C=O) groups excluding carboxylic acids is 1. The molecule has 3 aromatic heterocycles. The average molecular weight is 341 g/mol.